The molecule has 1 amide bonds. The molecule has 9 heteroatoms. The second kappa shape index (κ2) is 9.65. The molecule has 4 rings (SSSR count). The van der Waals surface area contributed by atoms with Crippen molar-refractivity contribution in [1.82, 2.24) is 24.6 Å². The number of aromatic nitrogens is 4. The number of amides is 1. The van der Waals surface area contributed by atoms with Gasteiger partial charge in [-0.15, -0.1) is 0 Å². The van der Waals surface area contributed by atoms with E-state index in [1.165, 1.54) is 11.8 Å². The van der Waals surface area contributed by atoms with E-state index in [1.807, 2.05) is 44.2 Å². The van der Waals surface area contributed by atoms with Crippen molar-refractivity contribution in [2.75, 3.05) is 12.4 Å². The molecule has 1 atom stereocenters. The van der Waals surface area contributed by atoms with E-state index in [2.05, 4.69) is 10.4 Å². The third-order valence-corrected chi connectivity index (χ3v) is 6.33. The van der Waals surface area contributed by atoms with E-state index in [0.717, 1.165) is 18.4 Å². The fourth-order valence-electron chi connectivity index (χ4n) is 3.76. The van der Waals surface area contributed by atoms with Crippen molar-refractivity contribution in [2.45, 2.75) is 57.6 Å². The lowest BCUT2D eigenvalue weighted by Gasteiger charge is -2.16. The molecular weight excluding hydrogens is 414 g/mol. The van der Waals surface area contributed by atoms with Crippen LogP contribution in [0.15, 0.2) is 40.3 Å². The number of rotatable bonds is 8. The van der Waals surface area contributed by atoms with E-state index in [0.29, 0.717) is 48.1 Å². The maximum Gasteiger partial charge on any atom is 0.280 e. The van der Waals surface area contributed by atoms with Crippen LogP contribution in [0.25, 0.3) is 11.0 Å². The number of hydrogen-bond acceptors (Lipinski definition) is 6. The molecule has 31 heavy (non-hydrogen) atoms. The summed E-state index contributed by atoms with van der Waals surface area (Å²) in [5, 5.41) is 7.91. The summed E-state index contributed by atoms with van der Waals surface area (Å²) in [5.41, 5.74) is 2.74. The Kier molecular flexibility index (Phi) is 6.72. The van der Waals surface area contributed by atoms with E-state index >= 15 is 0 Å². The first-order valence-electron chi connectivity index (χ1n) is 10.6. The zero-order chi connectivity index (χ0) is 21.8. The van der Waals surface area contributed by atoms with Crippen LogP contribution in [0.3, 0.4) is 0 Å². The highest BCUT2D eigenvalue weighted by Gasteiger charge is 2.23. The van der Waals surface area contributed by atoms with Crippen LogP contribution >= 0.6 is 11.8 Å². The molecule has 3 heterocycles. The number of hydrogen-bond donors (Lipinski definition) is 1. The maximum absolute atomic E-state index is 13.4. The molecule has 2 aromatic heterocycles. The van der Waals surface area contributed by atoms with Crippen molar-refractivity contribution in [1.29, 1.82) is 0 Å². The average molecular weight is 442 g/mol. The Morgan fingerprint density at radius 3 is 2.84 bits per heavy atom. The lowest BCUT2D eigenvalue weighted by atomic mass is 10.2. The summed E-state index contributed by atoms with van der Waals surface area (Å²) in [5.74, 6) is 0.0740. The first kappa shape index (κ1) is 21.6. The zero-order valence-corrected chi connectivity index (χ0v) is 18.7. The van der Waals surface area contributed by atoms with Gasteiger partial charge in [-0.25, -0.2) is 4.98 Å². The third-order valence-electron chi connectivity index (χ3n) is 5.36. The van der Waals surface area contributed by atoms with E-state index in [-0.39, 0.29) is 23.3 Å². The van der Waals surface area contributed by atoms with Crippen LogP contribution in [0.2, 0.25) is 0 Å². The van der Waals surface area contributed by atoms with Gasteiger partial charge in [0.25, 0.3) is 5.56 Å². The highest BCUT2D eigenvalue weighted by molar-refractivity contribution is 7.99. The molecular formula is C22H27N5O3S. The number of benzene rings is 1. The SMILES string of the molecule is CCn1nc(C)c2nc(SCC(=O)NCc3ccccc3)n(CC3CCCO3)c(=O)c21. The minimum atomic E-state index is -0.129. The van der Waals surface area contributed by atoms with Gasteiger partial charge in [0, 0.05) is 19.7 Å². The monoisotopic (exact) mass is 441 g/mol. The topological polar surface area (TPSA) is 91.0 Å². The van der Waals surface area contributed by atoms with Gasteiger partial charge >= 0.3 is 0 Å². The summed E-state index contributed by atoms with van der Waals surface area (Å²) in [7, 11) is 0. The molecule has 1 N–H and O–H groups in total. The van der Waals surface area contributed by atoms with E-state index in [1.54, 1.807) is 9.25 Å². The van der Waals surface area contributed by atoms with Crippen LogP contribution in [0.5, 0.6) is 0 Å². The molecule has 0 saturated carbocycles. The van der Waals surface area contributed by atoms with Gasteiger partial charge in [-0.1, -0.05) is 42.1 Å². The van der Waals surface area contributed by atoms with Crippen molar-refractivity contribution < 1.29 is 9.53 Å². The number of thioether (sulfide) groups is 1. The Bertz CT molecular complexity index is 1120. The Balaban J connectivity index is 1.56. The molecule has 0 radical (unpaired) electrons. The van der Waals surface area contributed by atoms with Crippen LogP contribution in [-0.2, 0) is 29.2 Å². The van der Waals surface area contributed by atoms with E-state index in [4.69, 9.17) is 9.72 Å². The number of ether oxygens (including phenoxy) is 1. The summed E-state index contributed by atoms with van der Waals surface area (Å²) in [6.45, 7) is 6.02. The van der Waals surface area contributed by atoms with Gasteiger partial charge < -0.3 is 10.1 Å². The number of nitrogens with zero attached hydrogens (tertiary/aromatic N) is 4. The molecule has 1 aliphatic heterocycles. The summed E-state index contributed by atoms with van der Waals surface area (Å²) < 4.78 is 9.11. The van der Waals surface area contributed by atoms with E-state index < -0.39 is 0 Å². The van der Waals surface area contributed by atoms with Crippen molar-refractivity contribution in [3.05, 3.63) is 51.9 Å². The summed E-state index contributed by atoms with van der Waals surface area (Å²) in [6, 6.07) is 9.77. The van der Waals surface area contributed by atoms with Gasteiger partial charge in [-0.2, -0.15) is 5.10 Å². The first-order chi connectivity index (χ1) is 15.1. The first-order valence-corrected chi connectivity index (χ1v) is 11.6. The Hall–Kier alpha value is -2.65. The molecule has 164 valence electrons. The lowest BCUT2D eigenvalue weighted by Crippen LogP contribution is -2.30. The molecule has 1 saturated heterocycles. The second-order valence-electron chi connectivity index (χ2n) is 7.59. The predicted octanol–water partition coefficient (Wildman–Crippen LogP) is 2.51. The summed E-state index contributed by atoms with van der Waals surface area (Å²) in [4.78, 5) is 30.5. The quantitative estimate of drug-likeness (QED) is 0.427. The molecule has 0 bridgehead atoms. The van der Waals surface area contributed by atoms with Crippen molar-refractivity contribution in [3.63, 3.8) is 0 Å². The fraction of sp³-hybridized carbons (Fsp3) is 0.455. The van der Waals surface area contributed by atoms with Gasteiger partial charge in [0.2, 0.25) is 5.91 Å². The fourth-order valence-corrected chi connectivity index (χ4v) is 4.59. The second-order valence-corrected chi connectivity index (χ2v) is 8.54. The zero-order valence-electron chi connectivity index (χ0n) is 17.8. The van der Waals surface area contributed by atoms with Crippen LogP contribution in [-0.4, -0.2) is 43.7 Å². The molecule has 0 aliphatic carbocycles. The maximum atomic E-state index is 13.4. The lowest BCUT2D eigenvalue weighted by molar-refractivity contribution is -0.118. The molecule has 3 aromatic rings. The highest BCUT2D eigenvalue weighted by atomic mass is 32.2. The number of carbonyl (C=O) groups is 1. The van der Waals surface area contributed by atoms with Gasteiger partial charge in [-0.05, 0) is 32.3 Å². The molecule has 1 aliphatic rings. The third kappa shape index (κ3) is 4.83. The van der Waals surface area contributed by atoms with Crippen molar-refractivity contribution in [3.8, 4) is 0 Å². The minimum Gasteiger partial charge on any atom is -0.376 e. The molecule has 1 unspecified atom stereocenters. The van der Waals surface area contributed by atoms with Gasteiger partial charge in [-0.3, -0.25) is 18.8 Å². The Morgan fingerprint density at radius 1 is 1.32 bits per heavy atom. The largest absolute Gasteiger partial charge is 0.376 e. The van der Waals surface area contributed by atoms with Crippen LogP contribution in [0.1, 0.15) is 31.0 Å². The normalized spacial score (nSPS) is 16.1. The average Bonchev–Trinajstić information content (AvgIpc) is 3.41. The summed E-state index contributed by atoms with van der Waals surface area (Å²) >= 11 is 1.28. The number of nitrogens with one attached hydrogen (secondary N) is 1. The minimum absolute atomic E-state index is 0.0118. The molecule has 0 spiro atoms. The number of fused-ring (bicyclic) bond motifs is 1. The number of carbonyl (C=O) groups excluding carboxylic acids is 1. The van der Waals surface area contributed by atoms with E-state index in [9.17, 15) is 9.59 Å². The molecule has 1 aromatic carbocycles. The van der Waals surface area contributed by atoms with Crippen LogP contribution < -0.4 is 10.9 Å². The van der Waals surface area contributed by atoms with Gasteiger partial charge in [0.15, 0.2) is 10.7 Å². The molecule has 1 fully saturated rings. The van der Waals surface area contributed by atoms with Crippen molar-refractivity contribution >= 4 is 28.7 Å². The van der Waals surface area contributed by atoms with Crippen molar-refractivity contribution in [2.24, 2.45) is 0 Å². The predicted molar refractivity (Wildman–Crippen MR) is 120 cm³/mol. The molecule has 8 nitrogen and oxygen atoms in total. The van der Waals surface area contributed by atoms with Crippen LogP contribution in [0, 0.1) is 6.92 Å². The van der Waals surface area contributed by atoms with Gasteiger partial charge in [0.1, 0.15) is 5.52 Å². The summed E-state index contributed by atoms with van der Waals surface area (Å²) in [6.07, 6.45) is 1.89. The van der Waals surface area contributed by atoms with Crippen LogP contribution in [0.4, 0.5) is 0 Å². The highest BCUT2D eigenvalue weighted by Crippen LogP contribution is 2.22. The van der Waals surface area contributed by atoms with Gasteiger partial charge in [0.05, 0.1) is 24.1 Å². The Labute approximate surface area is 185 Å². The Morgan fingerprint density at radius 2 is 2.13 bits per heavy atom. The standard InChI is InChI=1S/C22H27N5O3S/c1-3-27-20-19(15(2)25-27)24-22(26(21(20)29)13-17-10-7-11-30-17)31-14-18(28)23-12-16-8-5-4-6-9-16/h4-6,8-9,17H,3,7,10-14H2,1-2H3,(H,23,28). The number of aryl methyl sites for hydroxylation is 2. The smallest absolute Gasteiger partial charge is 0.280 e.